The summed E-state index contributed by atoms with van der Waals surface area (Å²) in [4.78, 5) is 14.0. The molecule has 1 atom stereocenters. The summed E-state index contributed by atoms with van der Waals surface area (Å²) in [5, 5.41) is 6.96. The summed E-state index contributed by atoms with van der Waals surface area (Å²) >= 11 is 0. The second-order valence-electron chi connectivity index (χ2n) is 7.65. The van der Waals surface area contributed by atoms with Gasteiger partial charge in [0, 0.05) is 45.5 Å². The van der Waals surface area contributed by atoms with Crippen LogP contribution in [0.2, 0.25) is 0 Å². The summed E-state index contributed by atoms with van der Waals surface area (Å²) in [6, 6.07) is 4.95. The average Bonchev–Trinajstić information content (AvgIpc) is 2.99. The Hall–Kier alpha value is -1.82. The minimum atomic E-state index is 0.629. The molecule has 150 valence electrons. The maximum absolute atomic E-state index is 4.61. The van der Waals surface area contributed by atoms with Crippen LogP contribution in [0.3, 0.4) is 0 Å². The van der Waals surface area contributed by atoms with Crippen LogP contribution in [0.5, 0.6) is 0 Å². The van der Waals surface area contributed by atoms with Crippen LogP contribution >= 0.6 is 0 Å². The highest BCUT2D eigenvalue weighted by Gasteiger charge is 2.22. The van der Waals surface area contributed by atoms with E-state index >= 15 is 0 Å². The Labute approximate surface area is 164 Å². The standard InChI is InChI=1S/C21H36N6/c1-3-26-14-8-9-19(26)17-25-21(22-2)24-16-18-10-11-23-20(15-18)27-12-6-4-5-7-13-27/h10-11,15,19H,3-9,12-14,16-17H2,1-2H3,(H2,22,24,25). The molecule has 6 nitrogen and oxygen atoms in total. The van der Waals surface area contributed by atoms with Crippen molar-refractivity contribution in [3.05, 3.63) is 23.9 Å². The van der Waals surface area contributed by atoms with Crippen molar-refractivity contribution >= 4 is 11.8 Å². The van der Waals surface area contributed by atoms with Gasteiger partial charge in [0.25, 0.3) is 0 Å². The zero-order chi connectivity index (χ0) is 18.9. The Morgan fingerprint density at radius 3 is 2.70 bits per heavy atom. The maximum atomic E-state index is 4.61. The van der Waals surface area contributed by atoms with E-state index in [1.54, 1.807) is 0 Å². The number of hydrogen-bond donors (Lipinski definition) is 2. The molecule has 27 heavy (non-hydrogen) atoms. The summed E-state index contributed by atoms with van der Waals surface area (Å²) in [7, 11) is 1.84. The molecule has 2 N–H and O–H groups in total. The quantitative estimate of drug-likeness (QED) is 0.594. The first kappa shape index (κ1) is 19.9. The molecule has 0 bridgehead atoms. The molecule has 2 saturated heterocycles. The van der Waals surface area contributed by atoms with Gasteiger partial charge < -0.3 is 15.5 Å². The Balaban J connectivity index is 1.50. The van der Waals surface area contributed by atoms with Crippen molar-refractivity contribution in [2.45, 2.75) is 58.0 Å². The predicted molar refractivity (Wildman–Crippen MR) is 113 cm³/mol. The van der Waals surface area contributed by atoms with Crippen molar-refractivity contribution in [3.63, 3.8) is 0 Å². The molecule has 1 aromatic rings. The van der Waals surface area contributed by atoms with Gasteiger partial charge in [0.2, 0.25) is 0 Å². The molecule has 0 amide bonds. The third kappa shape index (κ3) is 5.83. The van der Waals surface area contributed by atoms with Crippen LogP contribution in [0, 0.1) is 0 Å². The number of pyridine rings is 1. The molecular weight excluding hydrogens is 336 g/mol. The van der Waals surface area contributed by atoms with E-state index in [2.05, 4.69) is 49.5 Å². The average molecular weight is 373 g/mol. The first-order valence-electron chi connectivity index (χ1n) is 10.7. The molecule has 2 fully saturated rings. The molecule has 0 saturated carbocycles. The lowest BCUT2D eigenvalue weighted by Crippen LogP contribution is -2.44. The second-order valence-corrected chi connectivity index (χ2v) is 7.65. The molecule has 2 aliphatic heterocycles. The van der Waals surface area contributed by atoms with E-state index in [1.165, 1.54) is 50.6 Å². The highest BCUT2D eigenvalue weighted by Crippen LogP contribution is 2.18. The van der Waals surface area contributed by atoms with Gasteiger partial charge in [0.05, 0.1) is 0 Å². The number of rotatable bonds is 6. The number of aliphatic imine (C=N–C) groups is 1. The fraction of sp³-hybridized carbons (Fsp3) is 0.714. The molecule has 2 aliphatic rings. The van der Waals surface area contributed by atoms with Crippen LogP contribution < -0.4 is 15.5 Å². The third-order valence-electron chi connectivity index (χ3n) is 5.83. The van der Waals surface area contributed by atoms with E-state index in [-0.39, 0.29) is 0 Å². The SMILES string of the molecule is CCN1CCCC1CNC(=NC)NCc1ccnc(N2CCCCCC2)c1. The lowest BCUT2D eigenvalue weighted by molar-refractivity contribution is 0.267. The predicted octanol–water partition coefficient (Wildman–Crippen LogP) is 2.61. The van der Waals surface area contributed by atoms with Crippen LogP contribution in [0.1, 0.15) is 51.0 Å². The molecule has 3 rings (SSSR count). The van der Waals surface area contributed by atoms with Gasteiger partial charge in [-0.1, -0.05) is 19.8 Å². The topological polar surface area (TPSA) is 55.8 Å². The Morgan fingerprint density at radius 1 is 1.15 bits per heavy atom. The summed E-state index contributed by atoms with van der Waals surface area (Å²) in [6.45, 7) is 8.59. The fourth-order valence-corrected chi connectivity index (χ4v) is 4.21. The van der Waals surface area contributed by atoms with Crippen molar-refractivity contribution in [2.75, 3.05) is 44.7 Å². The van der Waals surface area contributed by atoms with Gasteiger partial charge in [-0.2, -0.15) is 0 Å². The van der Waals surface area contributed by atoms with Crippen LogP contribution in [-0.2, 0) is 6.54 Å². The second kappa shape index (κ2) is 10.5. The number of likely N-dealkylation sites (N-methyl/N-ethyl adjacent to an activating group) is 1. The van der Waals surface area contributed by atoms with E-state index in [0.717, 1.165) is 44.5 Å². The number of nitrogens with one attached hydrogen (secondary N) is 2. The molecule has 0 spiro atoms. The monoisotopic (exact) mass is 372 g/mol. The number of hydrogen-bond acceptors (Lipinski definition) is 4. The smallest absolute Gasteiger partial charge is 0.191 e. The number of likely N-dealkylation sites (tertiary alicyclic amines) is 1. The molecule has 3 heterocycles. The summed E-state index contributed by atoms with van der Waals surface area (Å²) in [5.41, 5.74) is 1.25. The first-order valence-corrected chi connectivity index (χ1v) is 10.7. The summed E-state index contributed by atoms with van der Waals surface area (Å²) in [5.74, 6) is 2.00. The van der Waals surface area contributed by atoms with Gasteiger partial charge in [-0.3, -0.25) is 9.89 Å². The molecule has 0 aromatic carbocycles. The highest BCUT2D eigenvalue weighted by atomic mass is 15.2. The normalized spacial score (nSPS) is 21.9. The van der Waals surface area contributed by atoms with Crippen LogP contribution in [0.25, 0.3) is 0 Å². The Bertz CT molecular complexity index is 594. The van der Waals surface area contributed by atoms with Gasteiger partial charge in [-0.05, 0) is 56.5 Å². The van der Waals surface area contributed by atoms with Gasteiger partial charge in [0.1, 0.15) is 5.82 Å². The minimum Gasteiger partial charge on any atom is -0.357 e. The molecule has 1 unspecified atom stereocenters. The van der Waals surface area contributed by atoms with E-state index < -0.39 is 0 Å². The summed E-state index contributed by atoms with van der Waals surface area (Å²) < 4.78 is 0. The van der Waals surface area contributed by atoms with Crippen molar-refractivity contribution < 1.29 is 0 Å². The fourth-order valence-electron chi connectivity index (χ4n) is 4.21. The van der Waals surface area contributed by atoms with Crippen LogP contribution in [-0.4, -0.2) is 61.7 Å². The number of anilines is 1. The number of nitrogens with zero attached hydrogens (tertiary/aromatic N) is 4. The minimum absolute atomic E-state index is 0.629. The molecular formula is C21H36N6. The maximum Gasteiger partial charge on any atom is 0.191 e. The lowest BCUT2D eigenvalue weighted by Gasteiger charge is -2.24. The largest absolute Gasteiger partial charge is 0.357 e. The molecule has 0 radical (unpaired) electrons. The first-order chi connectivity index (χ1) is 13.3. The molecule has 6 heteroatoms. The van der Waals surface area contributed by atoms with Crippen molar-refractivity contribution in [2.24, 2.45) is 4.99 Å². The van der Waals surface area contributed by atoms with E-state index in [0.29, 0.717) is 6.04 Å². The van der Waals surface area contributed by atoms with Crippen molar-refractivity contribution in [1.82, 2.24) is 20.5 Å². The third-order valence-corrected chi connectivity index (χ3v) is 5.83. The van der Waals surface area contributed by atoms with Gasteiger partial charge >= 0.3 is 0 Å². The molecule has 1 aromatic heterocycles. The zero-order valence-corrected chi connectivity index (χ0v) is 17.1. The van der Waals surface area contributed by atoms with Crippen LogP contribution in [0.4, 0.5) is 5.82 Å². The van der Waals surface area contributed by atoms with E-state index in [1.807, 2.05) is 13.2 Å². The van der Waals surface area contributed by atoms with E-state index in [9.17, 15) is 0 Å². The lowest BCUT2D eigenvalue weighted by atomic mass is 10.2. The highest BCUT2D eigenvalue weighted by molar-refractivity contribution is 5.79. The zero-order valence-electron chi connectivity index (χ0n) is 17.1. The Kier molecular flexibility index (Phi) is 7.75. The summed E-state index contributed by atoms with van der Waals surface area (Å²) in [6.07, 6.45) is 9.76. The van der Waals surface area contributed by atoms with Gasteiger partial charge in [0.15, 0.2) is 5.96 Å². The van der Waals surface area contributed by atoms with E-state index in [4.69, 9.17) is 0 Å². The van der Waals surface area contributed by atoms with Crippen molar-refractivity contribution in [3.8, 4) is 0 Å². The van der Waals surface area contributed by atoms with Crippen molar-refractivity contribution in [1.29, 1.82) is 0 Å². The van der Waals surface area contributed by atoms with Gasteiger partial charge in [-0.25, -0.2) is 4.98 Å². The molecule has 0 aliphatic carbocycles. The van der Waals surface area contributed by atoms with Crippen LogP contribution in [0.15, 0.2) is 23.3 Å². The number of aromatic nitrogens is 1. The van der Waals surface area contributed by atoms with Gasteiger partial charge in [-0.15, -0.1) is 0 Å². The Morgan fingerprint density at radius 2 is 1.96 bits per heavy atom. The number of guanidine groups is 1.